The van der Waals surface area contributed by atoms with Gasteiger partial charge in [-0.3, -0.25) is 0 Å². The molecule has 2 N–H and O–H groups in total. The first-order valence-corrected chi connectivity index (χ1v) is 8.72. The molecule has 1 aromatic heterocycles. The van der Waals surface area contributed by atoms with E-state index in [0.29, 0.717) is 12.5 Å². The molecule has 0 spiro atoms. The van der Waals surface area contributed by atoms with Crippen molar-refractivity contribution in [3.8, 4) is 5.75 Å². The Labute approximate surface area is 143 Å². The quantitative estimate of drug-likeness (QED) is 0.851. The van der Waals surface area contributed by atoms with E-state index >= 15 is 0 Å². The number of rotatable bonds is 6. The molecule has 5 nitrogen and oxygen atoms in total. The van der Waals surface area contributed by atoms with Crippen LogP contribution in [0, 0.1) is 0 Å². The molecule has 0 radical (unpaired) electrons. The van der Waals surface area contributed by atoms with Crippen molar-refractivity contribution in [3.05, 3.63) is 47.9 Å². The van der Waals surface area contributed by atoms with Crippen molar-refractivity contribution in [3.63, 3.8) is 0 Å². The molecule has 3 rings (SSSR count). The van der Waals surface area contributed by atoms with Crippen LogP contribution >= 0.6 is 0 Å². The van der Waals surface area contributed by atoms with Crippen molar-refractivity contribution < 1.29 is 14.4 Å². The van der Waals surface area contributed by atoms with Crippen LogP contribution in [0.15, 0.2) is 40.9 Å². The fraction of sp³-hybridized carbons (Fsp3) is 0.526. The monoisotopic (exact) mass is 330 g/mol. The van der Waals surface area contributed by atoms with E-state index in [1.807, 2.05) is 36.4 Å². The summed E-state index contributed by atoms with van der Waals surface area (Å²) >= 11 is 0. The number of aromatic nitrogens is 1. The van der Waals surface area contributed by atoms with E-state index in [4.69, 9.17) is 9.26 Å². The largest absolute Gasteiger partial charge is 0.488 e. The molecule has 1 aliphatic carbocycles. The summed E-state index contributed by atoms with van der Waals surface area (Å²) in [5.41, 5.74) is 0.960. The number of hydrogen-bond donors (Lipinski definition) is 2. The van der Waals surface area contributed by atoms with Gasteiger partial charge >= 0.3 is 0 Å². The molecular formula is C19H26N2O3. The zero-order valence-electron chi connectivity index (χ0n) is 14.3. The van der Waals surface area contributed by atoms with E-state index in [9.17, 15) is 5.11 Å². The van der Waals surface area contributed by atoms with Crippen LogP contribution in [-0.2, 0) is 6.54 Å². The third kappa shape index (κ3) is 4.16. The SMILES string of the molecule is CC(C)c1cc(CN[C@H]2CCC[C@@H](Oc3ccccc3)[C@@H]2O)on1. The number of nitrogens with one attached hydrogen (secondary N) is 1. The summed E-state index contributed by atoms with van der Waals surface area (Å²) in [6.07, 6.45) is 2.11. The predicted molar refractivity (Wildman–Crippen MR) is 91.9 cm³/mol. The standard InChI is InChI=1S/C19H26N2O3/c1-13(2)17-11-15(24-21-17)12-20-16-9-6-10-18(19(16)22)23-14-7-4-3-5-8-14/h3-5,7-8,11,13,16,18-20,22H,6,9-10,12H2,1-2H3/t16-,18+,19+/m0/s1. The van der Waals surface area contributed by atoms with Gasteiger partial charge < -0.3 is 19.7 Å². The lowest BCUT2D eigenvalue weighted by Gasteiger charge is -2.35. The molecule has 1 heterocycles. The minimum Gasteiger partial charge on any atom is -0.488 e. The molecule has 2 aromatic rings. The van der Waals surface area contributed by atoms with Gasteiger partial charge in [0.05, 0.1) is 12.2 Å². The van der Waals surface area contributed by atoms with Gasteiger partial charge in [0.1, 0.15) is 18.0 Å². The van der Waals surface area contributed by atoms with Crippen molar-refractivity contribution in [2.24, 2.45) is 0 Å². The van der Waals surface area contributed by atoms with Crippen molar-refractivity contribution >= 4 is 0 Å². The molecular weight excluding hydrogens is 304 g/mol. The second-order valence-corrected chi connectivity index (χ2v) is 6.75. The molecule has 1 aromatic carbocycles. The summed E-state index contributed by atoms with van der Waals surface area (Å²) in [5, 5.41) is 18.1. The molecule has 0 aliphatic heterocycles. The zero-order valence-corrected chi connectivity index (χ0v) is 14.3. The average Bonchev–Trinajstić information content (AvgIpc) is 3.06. The van der Waals surface area contributed by atoms with Crippen molar-refractivity contribution in [1.29, 1.82) is 0 Å². The summed E-state index contributed by atoms with van der Waals surface area (Å²) in [7, 11) is 0. The van der Waals surface area contributed by atoms with Crippen molar-refractivity contribution in [2.75, 3.05) is 0 Å². The van der Waals surface area contributed by atoms with Gasteiger partial charge in [-0.25, -0.2) is 0 Å². The summed E-state index contributed by atoms with van der Waals surface area (Å²) in [5.74, 6) is 1.96. The summed E-state index contributed by atoms with van der Waals surface area (Å²) in [6, 6.07) is 11.7. The lowest BCUT2D eigenvalue weighted by molar-refractivity contribution is -0.0162. The van der Waals surface area contributed by atoms with Crippen molar-refractivity contribution in [2.45, 2.75) is 63.8 Å². The highest BCUT2D eigenvalue weighted by Gasteiger charge is 2.33. The first-order chi connectivity index (χ1) is 11.6. The maximum absolute atomic E-state index is 10.6. The first-order valence-electron chi connectivity index (χ1n) is 8.72. The van der Waals surface area contributed by atoms with E-state index < -0.39 is 6.10 Å². The normalized spacial score (nSPS) is 24.2. The Balaban J connectivity index is 1.55. The van der Waals surface area contributed by atoms with Crippen LogP contribution in [0.25, 0.3) is 0 Å². The molecule has 3 atom stereocenters. The van der Waals surface area contributed by atoms with E-state index in [2.05, 4.69) is 24.3 Å². The van der Waals surface area contributed by atoms with Crippen LogP contribution < -0.4 is 10.1 Å². The fourth-order valence-corrected chi connectivity index (χ4v) is 3.08. The highest BCUT2D eigenvalue weighted by atomic mass is 16.5. The van der Waals surface area contributed by atoms with Crippen LogP contribution in [-0.4, -0.2) is 28.5 Å². The number of benzene rings is 1. The molecule has 0 bridgehead atoms. The Morgan fingerprint density at radius 1 is 1.29 bits per heavy atom. The summed E-state index contributed by atoms with van der Waals surface area (Å²) in [4.78, 5) is 0. The number of aliphatic hydroxyl groups is 1. The molecule has 0 saturated heterocycles. The van der Waals surface area contributed by atoms with Crippen molar-refractivity contribution in [1.82, 2.24) is 10.5 Å². The molecule has 130 valence electrons. The van der Waals surface area contributed by atoms with Gasteiger partial charge in [-0.1, -0.05) is 37.2 Å². The molecule has 5 heteroatoms. The Bertz CT molecular complexity index is 627. The van der Waals surface area contributed by atoms with E-state index in [1.54, 1.807) is 0 Å². The predicted octanol–water partition coefficient (Wildman–Crippen LogP) is 3.25. The minimum absolute atomic E-state index is 0.0000576. The van der Waals surface area contributed by atoms with Gasteiger partial charge in [0.25, 0.3) is 0 Å². The maximum atomic E-state index is 10.6. The van der Waals surface area contributed by atoms with Crippen LogP contribution in [0.3, 0.4) is 0 Å². The molecule has 0 amide bonds. The highest BCUT2D eigenvalue weighted by molar-refractivity contribution is 5.21. The third-order valence-corrected chi connectivity index (χ3v) is 4.53. The van der Waals surface area contributed by atoms with Crippen LogP contribution in [0.5, 0.6) is 5.75 Å². The van der Waals surface area contributed by atoms with E-state index in [1.165, 1.54) is 0 Å². The highest BCUT2D eigenvalue weighted by Crippen LogP contribution is 2.25. The average molecular weight is 330 g/mol. The Kier molecular flexibility index (Phi) is 5.53. The van der Waals surface area contributed by atoms with E-state index in [0.717, 1.165) is 36.5 Å². The second-order valence-electron chi connectivity index (χ2n) is 6.75. The Morgan fingerprint density at radius 2 is 2.08 bits per heavy atom. The van der Waals surface area contributed by atoms with Crippen LogP contribution in [0.2, 0.25) is 0 Å². The number of ether oxygens (including phenoxy) is 1. The summed E-state index contributed by atoms with van der Waals surface area (Å²) < 4.78 is 11.3. The zero-order chi connectivity index (χ0) is 16.9. The third-order valence-electron chi connectivity index (χ3n) is 4.53. The molecule has 1 fully saturated rings. The lowest BCUT2D eigenvalue weighted by atomic mass is 9.89. The van der Waals surface area contributed by atoms with Gasteiger partial charge in [-0.05, 0) is 37.3 Å². The topological polar surface area (TPSA) is 67.5 Å². The molecule has 1 saturated carbocycles. The smallest absolute Gasteiger partial charge is 0.150 e. The first kappa shape index (κ1) is 17.0. The molecule has 24 heavy (non-hydrogen) atoms. The molecule has 1 aliphatic rings. The minimum atomic E-state index is -0.536. The fourth-order valence-electron chi connectivity index (χ4n) is 3.08. The van der Waals surface area contributed by atoms with Gasteiger partial charge in [-0.2, -0.15) is 0 Å². The van der Waals surface area contributed by atoms with Gasteiger partial charge in [-0.15, -0.1) is 0 Å². The number of hydrogen-bond acceptors (Lipinski definition) is 5. The van der Waals surface area contributed by atoms with Gasteiger partial charge in [0, 0.05) is 12.1 Å². The Hall–Kier alpha value is -1.85. The maximum Gasteiger partial charge on any atom is 0.150 e. The Morgan fingerprint density at radius 3 is 2.79 bits per heavy atom. The van der Waals surface area contributed by atoms with E-state index in [-0.39, 0.29) is 12.1 Å². The second kappa shape index (κ2) is 7.81. The lowest BCUT2D eigenvalue weighted by Crippen LogP contribution is -2.50. The van der Waals surface area contributed by atoms with Crippen LogP contribution in [0.4, 0.5) is 0 Å². The number of nitrogens with zero attached hydrogens (tertiary/aromatic N) is 1. The number of aliphatic hydroxyl groups excluding tert-OH is 1. The van der Waals surface area contributed by atoms with Gasteiger partial charge in [0.15, 0.2) is 5.76 Å². The van der Waals surface area contributed by atoms with Gasteiger partial charge in [0.2, 0.25) is 0 Å². The molecule has 0 unspecified atom stereocenters. The van der Waals surface area contributed by atoms with Crippen LogP contribution in [0.1, 0.15) is 50.5 Å². The summed E-state index contributed by atoms with van der Waals surface area (Å²) in [6.45, 7) is 4.75. The number of para-hydroxylation sites is 1.